The SMILES string of the molecule is CC1=C[C@@H]2N(c3ccccc31)[C@@H](C(=O)c1ccccc1Cl)[C@@H](C(=O)c1ccc3c(c1)OCO3)[C@]21C(=O)Nc2ccccc21. The molecule has 0 aromatic heterocycles. The Labute approximate surface area is 252 Å². The van der Waals surface area contributed by atoms with Gasteiger partial charge in [-0.25, -0.2) is 0 Å². The van der Waals surface area contributed by atoms with Crippen LogP contribution < -0.4 is 19.7 Å². The molecule has 7 nitrogen and oxygen atoms in total. The van der Waals surface area contributed by atoms with Gasteiger partial charge in [-0.1, -0.05) is 66.2 Å². The Morgan fingerprint density at radius 2 is 1.65 bits per heavy atom. The van der Waals surface area contributed by atoms with E-state index in [0.29, 0.717) is 33.9 Å². The zero-order chi connectivity index (χ0) is 29.5. The van der Waals surface area contributed by atoms with Gasteiger partial charge < -0.3 is 19.7 Å². The van der Waals surface area contributed by atoms with Crippen LogP contribution in [0.4, 0.5) is 11.4 Å². The number of nitrogens with one attached hydrogen (secondary N) is 1. The zero-order valence-corrected chi connectivity index (χ0v) is 23.8. The van der Waals surface area contributed by atoms with Gasteiger partial charge in [-0.2, -0.15) is 0 Å². The summed E-state index contributed by atoms with van der Waals surface area (Å²) in [5, 5.41) is 3.35. The normalized spacial score (nSPS) is 24.2. The summed E-state index contributed by atoms with van der Waals surface area (Å²) in [6.07, 6.45) is 2.03. The molecule has 4 heterocycles. The van der Waals surface area contributed by atoms with E-state index in [2.05, 4.69) is 5.32 Å². The molecule has 1 spiro atoms. The van der Waals surface area contributed by atoms with Gasteiger partial charge in [0.1, 0.15) is 11.5 Å². The van der Waals surface area contributed by atoms with Crippen LogP contribution in [-0.4, -0.2) is 36.4 Å². The van der Waals surface area contributed by atoms with E-state index in [1.165, 1.54) is 0 Å². The van der Waals surface area contributed by atoms with E-state index in [1.54, 1.807) is 42.5 Å². The topological polar surface area (TPSA) is 84.9 Å². The second kappa shape index (κ2) is 9.31. The average molecular weight is 589 g/mol. The van der Waals surface area contributed by atoms with Crippen molar-refractivity contribution in [1.82, 2.24) is 0 Å². The molecule has 8 rings (SSSR count). The van der Waals surface area contributed by atoms with Crippen LogP contribution in [0, 0.1) is 5.92 Å². The van der Waals surface area contributed by atoms with Gasteiger partial charge in [0.15, 0.2) is 23.1 Å². The molecule has 0 aliphatic carbocycles. The molecule has 0 unspecified atom stereocenters. The van der Waals surface area contributed by atoms with Crippen molar-refractivity contribution in [3.05, 3.63) is 124 Å². The first kappa shape index (κ1) is 25.8. The van der Waals surface area contributed by atoms with Crippen molar-refractivity contribution in [2.45, 2.75) is 24.4 Å². The van der Waals surface area contributed by atoms with Crippen LogP contribution in [0.5, 0.6) is 11.5 Å². The smallest absolute Gasteiger partial charge is 0.238 e. The van der Waals surface area contributed by atoms with E-state index in [9.17, 15) is 9.59 Å². The number of halogens is 1. The first-order chi connectivity index (χ1) is 20.9. The second-order valence-corrected chi connectivity index (χ2v) is 11.7. The number of anilines is 2. The summed E-state index contributed by atoms with van der Waals surface area (Å²) in [4.78, 5) is 46.4. The molecule has 0 radical (unpaired) electrons. The number of hydrogen-bond acceptors (Lipinski definition) is 6. The molecule has 8 heteroatoms. The van der Waals surface area contributed by atoms with E-state index in [0.717, 1.165) is 16.8 Å². The van der Waals surface area contributed by atoms with Crippen LogP contribution in [0.2, 0.25) is 5.02 Å². The highest BCUT2D eigenvalue weighted by molar-refractivity contribution is 6.34. The van der Waals surface area contributed by atoms with Crippen LogP contribution >= 0.6 is 11.6 Å². The number of nitrogens with zero attached hydrogens (tertiary/aromatic N) is 1. The van der Waals surface area contributed by atoms with E-state index in [1.807, 2.05) is 66.4 Å². The number of rotatable bonds is 4. The lowest BCUT2D eigenvalue weighted by molar-refractivity contribution is -0.121. The number of carbonyl (C=O) groups is 3. The number of ether oxygens (including phenoxy) is 2. The largest absolute Gasteiger partial charge is 0.454 e. The van der Waals surface area contributed by atoms with Crippen LogP contribution in [0.15, 0.2) is 97.1 Å². The molecule has 4 atom stereocenters. The Kier molecular flexibility index (Phi) is 5.59. The lowest BCUT2D eigenvalue weighted by Gasteiger charge is -2.39. The molecule has 1 saturated heterocycles. The summed E-state index contributed by atoms with van der Waals surface area (Å²) < 4.78 is 11.1. The van der Waals surface area contributed by atoms with Gasteiger partial charge in [0.25, 0.3) is 0 Å². The lowest BCUT2D eigenvalue weighted by atomic mass is 9.64. The molecular formula is C35H25ClN2O5. The lowest BCUT2D eigenvalue weighted by Crippen LogP contribution is -2.51. The van der Waals surface area contributed by atoms with E-state index >= 15 is 4.79 Å². The Morgan fingerprint density at radius 1 is 0.907 bits per heavy atom. The minimum atomic E-state index is -1.42. The molecule has 4 aliphatic rings. The zero-order valence-electron chi connectivity index (χ0n) is 23.0. The Morgan fingerprint density at radius 3 is 2.51 bits per heavy atom. The van der Waals surface area contributed by atoms with Gasteiger partial charge in [0, 0.05) is 28.1 Å². The van der Waals surface area contributed by atoms with Crippen LogP contribution in [0.3, 0.4) is 0 Å². The third kappa shape index (κ3) is 3.45. The molecule has 4 aromatic rings. The monoisotopic (exact) mass is 588 g/mol. The van der Waals surface area contributed by atoms with Gasteiger partial charge in [0.2, 0.25) is 12.7 Å². The number of Topliss-reactive ketones (excluding diaryl/α,β-unsaturated/α-hetero) is 2. The number of benzene rings is 4. The van der Waals surface area contributed by atoms with E-state index < -0.39 is 23.4 Å². The number of fused-ring (bicyclic) bond motifs is 7. The number of allylic oxidation sites excluding steroid dienone is 1. The predicted molar refractivity (Wildman–Crippen MR) is 163 cm³/mol. The Balaban J connectivity index is 1.44. The molecule has 4 aromatic carbocycles. The van der Waals surface area contributed by atoms with Gasteiger partial charge in [-0.15, -0.1) is 0 Å². The summed E-state index contributed by atoms with van der Waals surface area (Å²) in [6, 6.07) is 25.4. The van der Waals surface area contributed by atoms with Crippen molar-refractivity contribution in [3.63, 3.8) is 0 Å². The molecule has 4 aliphatic heterocycles. The van der Waals surface area contributed by atoms with Gasteiger partial charge in [-0.3, -0.25) is 14.4 Å². The number of para-hydroxylation sites is 2. The fraction of sp³-hybridized carbons (Fsp3) is 0.171. The second-order valence-electron chi connectivity index (χ2n) is 11.3. The average Bonchev–Trinajstić information content (AvgIpc) is 3.70. The van der Waals surface area contributed by atoms with Gasteiger partial charge in [0.05, 0.1) is 17.0 Å². The van der Waals surface area contributed by atoms with Crippen LogP contribution in [0.25, 0.3) is 5.57 Å². The maximum atomic E-state index is 15.0. The maximum absolute atomic E-state index is 15.0. The standard InChI is InChI=1S/C35H25ClN2O5/c1-19-16-29-35(23-10-4-6-12-25(23)37-34(35)41)30(32(39)20-14-15-27-28(17-20)43-18-42-27)31(33(40)22-9-2-5-11-24(22)36)38(29)26-13-7-3-8-21(19)26/h2-17,29-31H,18H2,1H3,(H,37,41)/t29-,30-,31+,35+/m0/s1. The fourth-order valence-electron chi connectivity index (χ4n) is 7.44. The van der Waals surface area contributed by atoms with Crippen molar-refractivity contribution < 1.29 is 23.9 Å². The summed E-state index contributed by atoms with van der Waals surface area (Å²) >= 11 is 6.62. The van der Waals surface area contributed by atoms with Gasteiger partial charge >= 0.3 is 0 Å². The molecular weight excluding hydrogens is 564 g/mol. The number of carbonyl (C=O) groups excluding carboxylic acids is 3. The molecule has 0 bridgehead atoms. The number of ketones is 2. The van der Waals surface area contributed by atoms with Crippen molar-refractivity contribution in [3.8, 4) is 11.5 Å². The minimum Gasteiger partial charge on any atom is -0.454 e. The highest BCUT2D eigenvalue weighted by Crippen LogP contribution is 2.59. The minimum absolute atomic E-state index is 0.0560. The van der Waals surface area contributed by atoms with Crippen molar-refractivity contribution in [2.75, 3.05) is 17.0 Å². The van der Waals surface area contributed by atoms with Crippen LogP contribution in [0.1, 0.15) is 38.8 Å². The van der Waals surface area contributed by atoms with E-state index in [4.69, 9.17) is 21.1 Å². The third-order valence-electron chi connectivity index (χ3n) is 9.23. The molecule has 1 fully saturated rings. The Bertz CT molecular complexity index is 1920. The summed E-state index contributed by atoms with van der Waals surface area (Å²) in [6.45, 7) is 2.06. The highest BCUT2D eigenvalue weighted by atomic mass is 35.5. The van der Waals surface area contributed by atoms with Crippen molar-refractivity contribution in [1.29, 1.82) is 0 Å². The summed E-state index contributed by atoms with van der Waals surface area (Å²) in [5.41, 5.74) is 3.22. The maximum Gasteiger partial charge on any atom is 0.238 e. The van der Waals surface area contributed by atoms with Crippen molar-refractivity contribution in [2.24, 2.45) is 5.92 Å². The highest BCUT2D eigenvalue weighted by Gasteiger charge is 2.70. The molecule has 43 heavy (non-hydrogen) atoms. The van der Waals surface area contributed by atoms with E-state index in [-0.39, 0.29) is 29.3 Å². The fourth-order valence-corrected chi connectivity index (χ4v) is 7.67. The molecule has 212 valence electrons. The predicted octanol–water partition coefficient (Wildman–Crippen LogP) is 6.31. The van der Waals surface area contributed by atoms with Gasteiger partial charge in [-0.05, 0) is 60.5 Å². The summed E-state index contributed by atoms with van der Waals surface area (Å²) in [5.74, 6) is -1.11. The first-order valence-corrected chi connectivity index (χ1v) is 14.5. The van der Waals surface area contributed by atoms with Crippen molar-refractivity contribution >= 4 is 46.0 Å². The number of amides is 1. The first-order valence-electron chi connectivity index (χ1n) is 14.1. The molecule has 0 saturated carbocycles. The Hall–Kier alpha value is -4.88. The molecule has 1 N–H and O–H groups in total. The third-order valence-corrected chi connectivity index (χ3v) is 9.56. The van der Waals surface area contributed by atoms with Crippen LogP contribution in [-0.2, 0) is 10.2 Å². The molecule has 1 amide bonds. The number of hydrogen-bond donors (Lipinski definition) is 1. The summed E-state index contributed by atoms with van der Waals surface area (Å²) in [7, 11) is 0. The quantitative estimate of drug-likeness (QED) is 0.281.